The number of rotatable bonds is 5. The van der Waals surface area contributed by atoms with Crippen molar-refractivity contribution in [2.75, 3.05) is 0 Å². The lowest BCUT2D eigenvalue weighted by molar-refractivity contribution is -0.385. The number of para-hydroxylation sites is 1. The molecule has 0 aliphatic carbocycles. The second-order valence-corrected chi connectivity index (χ2v) is 4.50. The van der Waals surface area contributed by atoms with Gasteiger partial charge in [0.15, 0.2) is 0 Å². The summed E-state index contributed by atoms with van der Waals surface area (Å²) in [5.74, 6) is -0.472. The molecule has 1 N–H and O–H groups in total. The summed E-state index contributed by atoms with van der Waals surface area (Å²) in [6.07, 6.45) is 4.26. The van der Waals surface area contributed by atoms with E-state index in [0.717, 1.165) is 0 Å². The van der Waals surface area contributed by atoms with Crippen molar-refractivity contribution in [2.24, 2.45) is 0 Å². The third-order valence-corrected chi connectivity index (χ3v) is 2.46. The van der Waals surface area contributed by atoms with Gasteiger partial charge in [-0.15, -0.1) is 0 Å². The molecule has 1 aromatic carbocycles. The third-order valence-electron chi connectivity index (χ3n) is 2.46. The fourth-order valence-corrected chi connectivity index (χ4v) is 1.55. The van der Waals surface area contributed by atoms with Crippen molar-refractivity contribution in [1.82, 2.24) is 5.32 Å². The first-order chi connectivity index (χ1) is 9.95. The van der Waals surface area contributed by atoms with Crippen LogP contribution < -0.4 is 5.32 Å². The van der Waals surface area contributed by atoms with Gasteiger partial charge in [-0.2, -0.15) is 5.26 Å². The van der Waals surface area contributed by atoms with Crippen LogP contribution in [0.1, 0.15) is 19.4 Å². The summed E-state index contributed by atoms with van der Waals surface area (Å²) in [4.78, 5) is 22.0. The Kier molecular flexibility index (Phi) is 5.83. The van der Waals surface area contributed by atoms with Crippen LogP contribution in [0.15, 0.2) is 42.0 Å². The topological polar surface area (TPSA) is 96.0 Å². The smallest absolute Gasteiger partial charge is 0.276 e. The molecule has 6 heteroatoms. The van der Waals surface area contributed by atoms with Crippen molar-refractivity contribution >= 4 is 17.7 Å². The van der Waals surface area contributed by atoms with Crippen molar-refractivity contribution in [2.45, 2.75) is 19.9 Å². The Labute approximate surface area is 122 Å². The molecule has 0 heterocycles. The molecular weight excluding hydrogens is 270 g/mol. The van der Waals surface area contributed by atoms with Crippen molar-refractivity contribution < 1.29 is 9.72 Å². The van der Waals surface area contributed by atoms with Crippen LogP contribution in [0.25, 0.3) is 6.08 Å². The van der Waals surface area contributed by atoms with Gasteiger partial charge in [-0.3, -0.25) is 14.9 Å². The summed E-state index contributed by atoms with van der Waals surface area (Å²) in [6, 6.07) is 7.94. The van der Waals surface area contributed by atoms with Gasteiger partial charge in [-0.1, -0.05) is 18.2 Å². The lowest BCUT2D eigenvalue weighted by atomic mass is 10.1. The molecule has 0 spiro atoms. The summed E-state index contributed by atoms with van der Waals surface area (Å²) in [6.45, 7) is 3.58. The SMILES string of the molecule is CC(C)NC(=O)/C(C#N)=C/C=C/c1ccccc1[N+](=O)[O-]. The van der Waals surface area contributed by atoms with E-state index in [0.29, 0.717) is 5.56 Å². The first kappa shape index (κ1) is 16.1. The fourth-order valence-electron chi connectivity index (χ4n) is 1.55. The molecule has 0 atom stereocenters. The van der Waals surface area contributed by atoms with Crippen LogP contribution >= 0.6 is 0 Å². The minimum atomic E-state index is -0.486. The molecule has 0 aliphatic rings. The molecule has 1 amide bonds. The number of nitro benzene ring substituents is 1. The minimum Gasteiger partial charge on any atom is -0.349 e. The predicted octanol–water partition coefficient (Wildman–Crippen LogP) is 2.58. The van der Waals surface area contributed by atoms with Gasteiger partial charge in [0.1, 0.15) is 11.6 Å². The van der Waals surface area contributed by atoms with E-state index in [1.54, 1.807) is 38.1 Å². The molecule has 21 heavy (non-hydrogen) atoms. The Morgan fingerprint density at radius 3 is 2.67 bits per heavy atom. The third kappa shape index (κ3) is 4.91. The molecule has 0 aromatic heterocycles. The van der Waals surface area contributed by atoms with Crippen LogP contribution in [0.5, 0.6) is 0 Å². The highest BCUT2D eigenvalue weighted by atomic mass is 16.6. The Hall–Kier alpha value is -2.94. The monoisotopic (exact) mass is 285 g/mol. The van der Waals surface area contributed by atoms with E-state index >= 15 is 0 Å². The van der Waals surface area contributed by atoms with E-state index < -0.39 is 10.8 Å². The second kappa shape index (κ2) is 7.60. The largest absolute Gasteiger partial charge is 0.349 e. The number of benzene rings is 1. The van der Waals surface area contributed by atoms with Crippen LogP contribution in [0.4, 0.5) is 5.69 Å². The van der Waals surface area contributed by atoms with Gasteiger partial charge in [-0.05, 0) is 32.1 Å². The normalized spacial score (nSPS) is 11.4. The van der Waals surface area contributed by atoms with Gasteiger partial charge >= 0.3 is 0 Å². The van der Waals surface area contributed by atoms with Gasteiger partial charge in [0, 0.05) is 12.1 Å². The number of nitriles is 1. The highest BCUT2D eigenvalue weighted by Gasteiger charge is 2.10. The van der Waals surface area contributed by atoms with E-state index in [1.807, 2.05) is 0 Å². The zero-order valence-corrected chi connectivity index (χ0v) is 11.7. The first-order valence-corrected chi connectivity index (χ1v) is 6.28. The highest BCUT2D eigenvalue weighted by molar-refractivity contribution is 5.97. The molecule has 0 bridgehead atoms. The average molecular weight is 285 g/mol. The lowest BCUT2D eigenvalue weighted by Gasteiger charge is -2.06. The first-order valence-electron chi connectivity index (χ1n) is 6.28. The Morgan fingerprint density at radius 2 is 2.10 bits per heavy atom. The Bertz CT molecular complexity index is 640. The maximum Gasteiger partial charge on any atom is 0.276 e. The van der Waals surface area contributed by atoms with Crippen molar-refractivity contribution in [1.29, 1.82) is 5.26 Å². The zero-order chi connectivity index (χ0) is 15.8. The number of carbonyl (C=O) groups excluding carboxylic acids is 1. The molecule has 1 aromatic rings. The second-order valence-electron chi connectivity index (χ2n) is 4.50. The summed E-state index contributed by atoms with van der Waals surface area (Å²) in [5.41, 5.74) is 0.311. The fraction of sp³-hybridized carbons (Fsp3) is 0.200. The number of hydrogen-bond donors (Lipinski definition) is 1. The summed E-state index contributed by atoms with van der Waals surface area (Å²) in [7, 11) is 0. The number of carbonyl (C=O) groups is 1. The van der Waals surface area contributed by atoms with Crippen LogP contribution in [-0.4, -0.2) is 16.9 Å². The van der Waals surface area contributed by atoms with Gasteiger partial charge in [0.2, 0.25) is 0 Å². The standard InChI is InChI=1S/C15H15N3O3/c1-11(2)17-15(19)13(10-16)8-5-7-12-6-3-4-9-14(12)18(20)21/h3-9,11H,1-2H3,(H,17,19)/b7-5+,13-8+. The van der Waals surface area contributed by atoms with Crippen LogP contribution in [0, 0.1) is 21.4 Å². The highest BCUT2D eigenvalue weighted by Crippen LogP contribution is 2.18. The maximum absolute atomic E-state index is 11.7. The zero-order valence-electron chi connectivity index (χ0n) is 11.7. The maximum atomic E-state index is 11.7. The summed E-state index contributed by atoms with van der Waals surface area (Å²) < 4.78 is 0. The van der Waals surface area contributed by atoms with Crippen molar-refractivity contribution in [3.8, 4) is 6.07 Å². The van der Waals surface area contributed by atoms with E-state index in [2.05, 4.69) is 5.32 Å². The van der Waals surface area contributed by atoms with Crippen LogP contribution in [0.3, 0.4) is 0 Å². The molecular formula is C15H15N3O3. The molecule has 0 fully saturated rings. The summed E-state index contributed by atoms with van der Waals surface area (Å²) in [5, 5.41) is 22.4. The molecule has 0 saturated carbocycles. The van der Waals surface area contributed by atoms with Gasteiger partial charge in [0.25, 0.3) is 11.6 Å². The van der Waals surface area contributed by atoms with Crippen molar-refractivity contribution in [3.63, 3.8) is 0 Å². The summed E-state index contributed by atoms with van der Waals surface area (Å²) >= 11 is 0. The predicted molar refractivity (Wildman–Crippen MR) is 79.1 cm³/mol. The van der Waals surface area contributed by atoms with Crippen LogP contribution in [0.2, 0.25) is 0 Å². The van der Waals surface area contributed by atoms with E-state index in [4.69, 9.17) is 5.26 Å². The number of nitrogens with one attached hydrogen (secondary N) is 1. The molecule has 0 radical (unpaired) electrons. The molecule has 0 aliphatic heterocycles. The molecule has 1 rings (SSSR count). The van der Waals surface area contributed by atoms with Gasteiger partial charge < -0.3 is 5.32 Å². The van der Waals surface area contributed by atoms with Gasteiger partial charge in [-0.25, -0.2) is 0 Å². The number of amides is 1. The molecule has 108 valence electrons. The molecule has 0 saturated heterocycles. The quantitative estimate of drug-likeness (QED) is 0.295. The van der Waals surface area contributed by atoms with Crippen LogP contribution in [-0.2, 0) is 4.79 Å². The van der Waals surface area contributed by atoms with E-state index in [-0.39, 0.29) is 17.3 Å². The number of nitro groups is 1. The molecule has 6 nitrogen and oxygen atoms in total. The van der Waals surface area contributed by atoms with E-state index in [9.17, 15) is 14.9 Å². The lowest BCUT2D eigenvalue weighted by Crippen LogP contribution is -2.30. The number of allylic oxidation sites excluding steroid dienone is 2. The molecule has 0 unspecified atom stereocenters. The van der Waals surface area contributed by atoms with Gasteiger partial charge in [0.05, 0.1) is 10.5 Å². The number of nitrogens with zero attached hydrogens (tertiary/aromatic N) is 2. The van der Waals surface area contributed by atoms with E-state index in [1.165, 1.54) is 24.3 Å². The number of hydrogen-bond acceptors (Lipinski definition) is 4. The minimum absolute atomic E-state index is 0.0349. The van der Waals surface area contributed by atoms with Crippen molar-refractivity contribution in [3.05, 3.63) is 57.7 Å². The Morgan fingerprint density at radius 1 is 1.43 bits per heavy atom. The average Bonchev–Trinajstić information content (AvgIpc) is 2.43. The Balaban J connectivity index is 2.95.